The van der Waals surface area contributed by atoms with E-state index >= 15 is 0 Å². The molecule has 2 N–H and O–H groups in total. The Morgan fingerprint density at radius 1 is 1.31 bits per heavy atom. The van der Waals surface area contributed by atoms with Crippen LogP contribution in [0.3, 0.4) is 0 Å². The molecule has 5 nitrogen and oxygen atoms in total. The summed E-state index contributed by atoms with van der Waals surface area (Å²) in [5.74, 6) is 1.11. The van der Waals surface area contributed by atoms with Gasteiger partial charge in [-0.15, -0.1) is 0 Å². The normalized spacial score (nSPS) is 11.0. The van der Waals surface area contributed by atoms with Gasteiger partial charge in [-0.2, -0.15) is 5.10 Å². The number of nitrogens with two attached hydrogens (primary N) is 1. The Bertz CT molecular complexity index is 481. The van der Waals surface area contributed by atoms with Gasteiger partial charge in [-0.1, -0.05) is 0 Å². The van der Waals surface area contributed by atoms with Crippen molar-refractivity contribution >= 4 is 5.82 Å². The maximum atomic E-state index is 5.69. The highest BCUT2D eigenvalue weighted by molar-refractivity contribution is 5.54. The van der Waals surface area contributed by atoms with Crippen LogP contribution in [-0.4, -0.2) is 19.7 Å². The van der Waals surface area contributed by atoms with Crippen molar-refractivity contribution in [2.75, 3.05) is 5.73 Å². The van der Waals surface area contributed by atoms with E-state index in [-0.39, 0.29) is 0 Å². The van der Waals surface area contributed by atoms with Gasteiger partial charge in [0.2, 0.25) is 0 Å². The molecule has 5 heteroatoms. The maximum absolute atomic E-state index is 5.69. The quantitative estimate of drug-likeness (QED) is 0.832. The number of aryl methyl sites for hydroxylation is 1. The molecule has 0 aliphatic heterocycles. The van der Waals surface area contributed by atoms with E-state index < -0.39 is 0 Å². The first-order valence-corrected chi connectivity index (χ1v) is 5.22. The molecule has 0 radical (unpaired) electrons. The lowest BCUT2D eigenvalue weighted by atomic mass is 10.3. The van der Waals surface area contributed by atoms with E-state index in [2.05, 4.69) is 28.9 Å². The van der Waals surface area contributed by atoms with Crippen LogP contribution in [0.1, 0.15) is 25.6 Å². The summed E-state index contributed by atoms with van der Waals surface area (Å²) in [5, 5.41) is 4.25. The van der Waals surface area contributed by atoms with Crippen LogP contribution in [0.15, 0.2) is 18.5 Å². The van der Waals surface area contributed by atoms with E-state index in [0.29, 0.717) is 17.7 Å². The molecule has 0 unspecified atom stereocenters. The summed E-state index contributed by atoms with van der Waals surface area (Å²) in [5.41, 5.74) is 7.44. The van der Waals surface area contributed by atoms with Gasteiger partial charge in [0.25, 0.3) is 0 Å². The summed E-state index contributed by atoms with van der Waals surface area (Å²) in [6.45, 7) is 6.04. The van der Waals surface area contributed by atoms with Crippen molar-refractivity contribution in [1.82, 2.24) is 19.7 Å². The monoisotopic (exact) mass is 217 g/mol. The summed E-state index contributed by atoms with van der Waals surface area (Å²) < 4.78 is 1.87. The summed E-state index contributed by atoms with van der Waals surface area (Å²) in [6, 6.07) is 2.08. The minimum Gasteiger partial charge on any atom is -0.384 e. The standard InChI is InChI=1S/C11H15N5/c1-7(2)16-6-9(5-13-16)11-14-8(3)4-10(12)15-11/h4-7H,1-3H3,(H2,12,14,15). The zero-order valence-corrected chi connectivity index (χ0v) is 9.68. The van der Waals surface area contributed by atoms with Gasteiger partial charge in [-0.3, -0.25) is 4.68 Å². The fourth-order valence-electron chi connectivity index (χ4n) is 1.46. The molecular formula is C11H15N5. The molecule has 2 aromatic rings. The van der Waals surface area contributed by atoms with E-state index in [1.54, 1.807) is 12.3 Å². The number of rotatable bonds is 2. The van der Waals surface area contributed by atoms with Crippen LogP contribution >= 0.6 is 0 Å². The van der Waals surface area contributed by atoms with E-state index in [9.17, 15) is 0 Å². The summed E-state index contributed by atoms with van der Waals surface area (Å²) in [4.78, 5) is 8.52. The van der Waals surface area contributed by atoms with Gasteiger partial charge in [-0.05, 0) is 20.8 Å². The number of hydrogen-bond donors (Lipinski definition) is 1. The number of aromatic nitrogens is 4. The number of hydrogen-bond acceptors (Lipinski definition) is 4. The van der Waals surface area contributed by atoms with Crippen molar-refractivity contribution < 1.29 is 0 Å². The average molecular weight is 217 g/mol. The van der Waals surface area contributed by atoms with Gasteiger partial charge in [0, 0.05) is 24.0 Å². The zero-order valence-electron chi connectivity index (χ0n) is 9.68. The second-order valence-electron chi connectivity index (χ2n) is 4.06. The second-order valence-corrected chi connectivity index (χ2v) is 4.06. The Kier molecular flexibility index (Phi) is 2.60. The molecule has 0 atom stereocenters. The molecule has 0 aromatic carbocycles. The molecule has 0 fully saturated rings. The highest BCUT2D eigenvalue weighted by Crippen LogP contribution is 2.17. The summed E-state index contributed by atoms with van der Waals surface area (Å²) in [6.07, 6.45) is 3.69. The number of nitrogen functional groups attached to an aromatic ring is 1. The van der Waals surface area contributed by atoms with Crippen molar-refractivity contribution in [3.63, 3.8) is 0 Å². The molecule has 2 aromatic heterocycles. The highest BCUT2D eigenvalue weighted by atomic mass is 15.3. The molecule has 2 rings (SSSR count). The molecule has 0 saturated carbocycles. The average Bonchev–Trinajstić information content (AvgIpc) is 2.64. The van der Waals surface area contributed by atoms with Gasteiger partial charge in [0.05, 0.1) is 11.8 Å². The van der Waals surface area contributed by atoms with Gasteiger partial charge in [0.15, 0.2) is 5.82 Å². The van der Waals surface area contributed by atoms with Gasteiger partial charge >= 0.3 is 0 Å². The smallest absolute Gasteiger partial charge is 0.164 e. The molecular weight excluding hydrogens is 202 g/mol. The first-order valence-electron chi connectivity index (χ1n) is 5.22. The molecule has 0 aliphatic rings. The van der Waals surface area contributed by atoms with Crippen LogP contribution in [0.2, 0.25) is 0 Å². The third-order valence-electron chi connectivity index (χ3n) is 2.26. The first kappa shape index (κ1) is 10.6. The molecule has 0 spiro atoms. The first-order chi connectivity index (χ1) is 7.56. The summed E-state index contributed by atoms with van der Waals surface area (Å²) >= 11 is 0. The number of nitrogens with zero attached hydrogens (tertiary/aromatic N) is 4. The van der Waals surface area contributed by atoms with Crippen molar-refractivity contribution in [3.8, 4) is 11.4 Å². The van der Waals surface area contributed by atoms with Crippen molar-refractivity contribution in [2.45, 2.75) is 26.8 Å². The Morgan fingerprint density at radius 2 is 2.06 bits per heavy atom. The second kappa shape index (κ2) is 3.92. The van der Waals surface area contributed by atoms with Crippen molar-refractivity contribution in [2.24, 2.45) is 0 Å². The molecule has 2 heterocycles. The van der Waals surface area contributed by atoms with Crippen molar-refractivity contribution in [3.05, 3.63) is 24.2 Å². The minimum absolute atomic E-state index is 0.330. The predicted octanol–water partition coefficient (Wildman–Crippen LogP) is 1.81. The van der Waals surface area contributed by atoms with Crippen LogP contribution < -0.4 is 5.73 Å². The van der Waals surface area contributed by atoms with E-state index in [4.69, 9.17) is 5.73 Å². The fourth-order valence-corrected chi connectivity index (χ4v) is 1.46. The van der Waals surface area contributed by atoms with Crippen LogP contribution in [0.25, 0.3) is 11.4 Å². The fraction of sp³-hybridized carbons (Fsp3) is 0.364. The Balaban J connectivity index is 2.42. The van der Waals surface area contributed by atoms with Gasteiger partial charge < -0.3 is 5.73 Å². The lowest BCUT2D eigenvalue weighted by Gasteiger charge is -2.03. The lowest BCUT2D eigenvalue weighted by molar-refractivity contribution is 0.532. The molecule has 0 bridgehead atoms. The topological polar surface area (TPSA) is 69.6 Å². The largest absolute Gasteiger partial charge is 0.384 e. The predicted molar refractivity (Wildman–Crippen MR) is 62.8 cm³/mol. The molecule has 0 amide bonds. The van der Waals surface area contributed by atoms with Crippen LogP contribution in [0.4, 0.5) is 5.82 Å². The van der Waals surface area contributed by atoms with E-state index in [0.717, 1.165) is 11.3 Å². The SMILES string of the molecule is Cc1cc(N)nc(-c2cnn(C(C)C)c2)n1. The van der Waals surface area contributed by atoms with Crippen LogP contribution in [0, 0.1) is 6.92 Å². The molecule has 16 heavy (non-hydrogen) atoms. The third-order valence-corrected chi connectivity index (χ3v) is 2.26. The number of anilines is 1. The minimum atomic E-state index is 0.330. The van der Waals surface area contributed by atoms with Gasteiger partial charge in [0.1, 0.15) is 5.82 Å². The summed E-state index contributed by atoms with van der Waals surface area (Å²) in [7, 11) is 0. The highest BCUT2D eigenvalue weighted by Gasteiger charge is 2.07. The molecule has 84 valence electrons. The Labute approximate surface area is 94.3 Å². The third kappa shape index (κ3) is 2.03. The maximum Gasteiger partial charge on any atom is 0.164 e. The molecule has 0 saturated heterocycles. The molecule has 0 aliphatic carbocycles. The van der Waals surface area contributed by atoms with Gasteiger partial charge in [-0.25, -0.2) is 9.97 Å². The van der Waals surface area contributed by atoms with E-state index in [1.165, 1.54) is 0 Å². The van der Waals surface area contributed by atoms with E-state index in [1.807, 2.05) is 17.8 Å². The zero-order chi connectivity index (χ0) is 11.7. The van der Waals surface area contributed by atoms with Crippen LogP contribution in [-0.2, 0) is 0 Å². The Morgan fingerprint density at radius 3 is 2.62 bits per heavy atom. The van der Waals surface area contributed by atoms with Crippen LogP contribution in [0.5, 0.6) is 0 Å². The van der Waals surface area contributed by atoms with Crippen molar-refractivity contribution in [1.29, 1.82) is 0 Å². The Hall–Kier alpha value is -1.91. The lowest BCUT2D eigenvalue weighted by Crippen LogP contribution is -2.00.